The van der Waals surface area contributed by atoms with Crippen LogP contribution >= 0.6 is 0 Å². The zero-order chi connectivity index (χ0) is 14.9. The smallest absolute Gasteiger partial charge is 0.305 e. The van der Waals surface area contributed by atoms with Crippen molar-refractivity contribution in [2.24, 2.45) is 0 Å². The number of anilines is 1. The molecule has 0 unspecified atom stereocenters. The van der Waals surface area contributed by atoms with Crippen LogP contribution in [0.25, 0.3) is 10.8 Å². The monoisotopic (exact) mass is 286 g/mol. The molecule has 0 spiro atoms. The third-order valence-electron chi connectivity index (χ3n) is 4.20. The van der Waals surface area contributed by atoms with Crippen molar-refractivity contribution in [2.75, 3.05) is 5.32 Å². The molecule has 110 valence electrons. The van der Waals surface area contributed by atoms with Crippen LogP contribution in [-0.2, 0) is 4.79 Å². The standard InChI is InChI=1S/C16H18N2O3/c19-14(20)10-16(7-3-4-8-16)18-13-9-11-5-1-2-6-12(11)15(21)17-13/h1-2,5-6,9H,3-4,7-8,10H2,(H,19,20)(H2,17,18,21). The van der Waals surface area contributed by atoms with Gasteiger partial charge in [0.05, 0.1) is 6.42 Å². The van der Waals surface area contributed by atoms with Crippen molar-refractivity contribution in [1.29, 1.82) is 0 Å². The second-order valence-electron chi connectivity index (χ2n) is 5.78. The van der Waals surface area contributed by atoms with Gasteiger partial charge in [-0.25, -0.2) is 0 Å². The van der Waals surface area contributed by atoms with Crippen LogP contribution < -0.4 is 10.9 Å². The minimum Gasteiger partial charge on any atom is -0.481 e. The average molecular weight is 286 g/mol. The molecule has 1 aromatic carbocycles. The molecule has 5 nitrogen and oxygen atoms in total. The van der Waals surface area contributed by atoms with E-state index in [9.17, 15) is 9.59 Å². The van der Waals surface area contributed by atoms with Gasteiger partial charge in [-0.05, 0) is 30.4 Å². The predicted molar refractivity (Wildman–Crippen MR) is 81.6 cm³/mol. The lowest BCUT2D eigenvalue weighted by Gasteiger charge is -2.29. The number of aliphatic carboxylic acids is 1. The van der Waals surface area contributed by atoms with Crippen LogP contribution in [-0.4, -0.2) is 21.6 Å². The Kier molecular flexibility index (Phi) is 3.41. The summed E-state index contributed by atoms with van der Waals surface area (Å²) < 4.78 is 0. The van der Waals surface area contributed by atoms with Crippen LogP contribution in [0.5, 0.6) is 0 Å². The largest absolute Gasteiger partial charge is 0.481 e. The van der Waals surface area contributed by atoms with Gasteiger partial charge in [0.25, 0.3) is 5.56 Å². The summed E-state index contributed by atoms with van der Waals surface area (Å²) in [6.45, 7) is 0. The van der Waals surface area contributed by atoms with E-state index in [0.29, 0.717) is 11.2 Å². The highest BCUT2D eigenvalue weighted by Crippen LogP contribution is 2.35. The molecule has 21 heavy (non-hydrogen) atoms. The Bertz CT molecular complexity index is 730. The molecule has 2 aromatic rings. The van der Waals surface area contributed by atoms with E-state index in [4.69, 9.17) is 5.11 Å². The third-order valence-corrected chi connectivity index (χ3v) is 4.20. The molecule has 0 radical (unpaired) electrons. The fourth-order valence-electron chi connectivity index (χ4n) is 3.25. The van der Waals surface area contributed by atoms with E-state index in [-0.39, 0.29) is 12.0 Å². The molecule has 1 saturated carbocycles. The molecule has 0 amide bonds. The van der Waals surface area contributed by atoms with Gasteiger partial charge in [-0.15, -0.1) is 0 Å². The number of hydrogen-bond acceptors (Lipinski definition) is 3. The molecular formula is C16H18N2O3. The number of pyridine rings is 1. The molecule has 1 fully saturated rings. The molecular weight excluding hydrogens is 268 g/mol. The summed E-state index contributed by atoms with van der Waals surface area (Å²) in [6, 6.07) is 9.25. The van der Waals surface area contributed by atoms with Crippen molar-refractivity contribution in [3.8, 4) is 0 Å². The summed E-state index contributed by atoms with van der Waals surface area (Å²) in [5, 5.41) is 13.9. The number of rotatable bonds is 4. The van der Waals surface area contributed by atoms with Gasteiger partial charge in [0.15, 0.2) is 0 Å². The van der Waals surface area contributed by atoms with E-state index < -0.39 is 11.5 Å². The first-order chi connectivity index (χ1) is 10.1. The Balaban J connectivity index is 1.96. The number of aromatic nitrogens is 1. The summed E-state index contributed by atoms with van der Waals surface area (Å²) in [5.41, 5.74) is -0.601. The molecule has 1 heterocycles. The van der Waals surface area contributed by atoms with Gasteiger partial charge in [-0.2, -0.15) is 0 Å². The van der Waals surface area contributed by atoms with Crippen LogP contribution in [0.3, 0.4) is 0 Å². The topological polar surface area (TPSA) is 82.2 Å². The highest BCUT2D eigenvalue weighted by Gasteiger charge is 2.36. The lowest BCUT2D eigenvalue weighted by atomic mass is 9.93. The van der Waals surface area contributed by atoms with Gasteiger partial charge < -0.3 is 15.4 Å². The van der Waals surface area contributed by atoms with Crippen molar-refractivity contribution >= 4 is 22.6 Å². The highest BCUT2D eigenvalue weighted by molar-refractivity contribution is 5.83. The summed E-state index contributed by atoms with van der Waals surface area (Å²) in [5.74, 6) is -0.214. The van der Waals surface area contributed by atoms with Gasteiger partial charge in [0.2, 0.25) is 0 Å². The molecule has 0 saturated heterocycles. The van der Waals surface area contributed by atoms with Crippen molar-refractivity contribution in [1.82, 2.24) is 4.98 Å². The van der Waals surface area contributed by atoms with Crippen LogP contribution in [0.2, 0.25) is 0 Å². The van der Waals surface area contributed by atoms with E-state index in [1.54, 1.807) is 6.07 Å². The first kappa shape index (κ1) is 13.7. The van der Waals surface area contributed by atoms with Gasteiger partial charge in [-0.1, -0.05) is 31.0 Å². The zero-order valence-electron chi connectivity index (χ0n) is 11.7. The predicted octanol–water partition coefficient (Wildman–Crippen LogP) is 2.73. The fourth-order valence-corrected chi connectivity index (χ4v) is 3.25. The number of hydrogen-bond donors (Lipinski definition) is 3. The number of H-pyrrole nitrogens is 1. The molecule has 5 heteroatoms. The molecule has 1 aliphatic rings. The van der Waals surface area contributed by atoms with Crippen LogP contribution in [0.4, 0.5) is 5.82 Å². The number of carbonyl (C=O) groups is 1. The Morgan fingerprint density at radius 2 is 2.00 bits per heavy atom. The number of nitrogens with one attached hydrogen (secondary N) is 2. The summed E-state index contributed by atoms with van der Waals surface area (Å²) in [7, 11) is 0. The Morgan fingerprint density at radius 1 is 1.29 bits per heavy atom. The zero-order valence-corrected chi connectivity index (χ0v) is 11.7. The van der Waals surface area contributed by atoms with Gasteiger partial charge in [0, 0.05) is 10.9 Å². The number of carboxylic acid groups (broad SMARTS) is 1. The maximum Gasteiger partial charge on any atom is 0.305 e. The second kappa shape index (κ2) is 5.24. The molecule has 3 N–H and O–H groups in total. The number of aromatic amines is 1. The SMILES string of the molecule is O=C(O)CC1(Nc2cc3ccccc3c(=O)[nH]2)CCCC1. The van der Waals surface area contributed by atoms with Crippen LogP contribution in [0, 0.1) is 0 Å². The number of fused-ring (bicyclic) bond motifs is 1. The van der Waals surface area contributed by atoms with Crippen molar-refractivity contribution < 1.29 is 9.90 Å². The van der Waals surface area contributed by atoms with E-state index in [0.717, 1.165) is 31.1 Å². The van der Waals surface area contributed by atoms with E-state index in [1.165, 1.54) is 0 Å². The fraction of sp³-hybridized carbons (Fsp3) is 0.375. The molecule has 0 aliphatic heterocycles. The minimum absolute atomic E-state index is 0.0713. The number of carboxylic acids is 1. The third kappa shape index (κ3) is 2.77. The Labute approximate surface area is 122 Å². The second-order valence-corrected chi connectivity index (χ2v) is 5.78. The summed E-state index contributed by atoms with van der Waals surface area (Å²) >= 11 is 0. The van der Waals surface area contributed by atoms with Crippen molar-refractivity contribution in [3.63, 3.8) is 0 Å². The molecule has 0 atom stereocenters. The van der Waals surface area contributed by atoms with Gasteiger partial charge in [0.1, 0.15) is 5.82 Å². The quantitative estimate of drug-likeness (QED) is 0.807. The van der Waals surface area contributed by atoms with Crippen molar-refractivity contribution in [3.05, 3.63) is 40.7 Å². The first-order valence-electron chi connectivity index (χ1n) is 7.20. The summed E-state index contributed by atoms with van der Waals surface area (Å²) in [6.07, 6.45) is 3.72. The molecule has 0 bridgehead atoms. The lowest BCUT2D eigenvalue weighted by molar-refractivity contribution is -0.138. The molecule has 1 aromatic heterocycles. The van der Waals surface area contributed by atoms with E-state index >= 15 is 0 Å². The Morgan fingerprint density at radius 3 is 2.71 bits per heavy atom. The van der Waals surface area contributed by atoms with E-state index in [2.05, 4.69) is 10.3 Å². The minimum atomic E-state index is -0.812. The maximum absolute atomic E-state index is 12.1. The van der Waals surface area contributed by atoms with Gasteiger partial charge >= 0.3 is 5.97 Å². The van der Waals surface area contributed by atoms with Crippen LogP contribution in [0.1, 0.15) is 32.1 Å². The highest BCUT2D eigenvalue weighted by atomic mass is 16.4. The molecule has 3 rings (SSSR count). The normalized spacial score (nSPS) is 17.0. The lowest BCUT2D eigenvalue weighted by Crippen LogP contribution is -2.38. The first-order valence-corrected chi connectivity index (χ1v) is 7.20. The van der Waals surface area contributed by atoms with Crippen LogP contribution in [0.15, 0.2) is 35.1 Å². The maximum atomic E-state index is 12.1. The average Bonchev–Trinajstić information content (AvgIpc) is 2.86. The molecule has 1 aliphatic carbocycles. The van der Waals surface area contributed by atoms with E-state index in [1.807, 2.05) is 24.3 Å². The number of benzene rings is 1. The summed E-state index contributed by atoms with van der Waals surface area (Å²) in [4.78, 5) is 26.0. The van der Waals surface area contributed by atoms with Crippen molar-refractivity contribution in [2.45, 2.75) is 37.6 Å². The van der Waals surface area contributed by atoms with Gasteiger partial charge in [-0.3, -0.25) is 9.59 Å². The Hall–Kier alpha value is -2.30.